The van der Waals surface area contributed by atoms with Crippen LogP contribution in [-0.2, 0) is 6.54 Å². The van der Waals surface area contributed by atoms with Crippen LogP contribution in [0.2, 0.25) is 0 Å². The lowest BCUT2D eigenvalue weighted by Gasteiger charge is -2.42. The highest BCUT2D eigenvalue weighted by atomic mass is 16.2. The second kappa shape index (κ2) is 7.24. The van der Waals surface area contributed by atoms with E-state index in [1.807, 2.05) is 76.2 Å². The van der Waals surface area contributed by atoms with Gasteiger partial charge in [0.1, 0.15) is 0 Å². The van der Waals surface area contributed by atoms with E-state index in [0.717, 1.165) is 28.9 Å². The van der Waals surface area contributed by atoms with E-state index in [9.17, 15) is 9.59 Å². The maximum Gasteiger partial charge on any atom is 0.321 e. The molecular weight excluding hydrogens is 362 g/mol. The number of carbonyl (C=O) groups is 1. The molecular formula is C24H23N3O2. The SMILES string of the molecule is O=C(Nc1ccccc1-c1ccccc1)N1CC2CC(C1)c1cccc(=O)n1C2. The molecule has 2 bridgehead atoms. The molecule has 5 heteroatoms. The lowest BCUT2D eigenvalue weighted by molar-refractivity contribution is 0.139. The second-order valence-corrected chi connectivity index (χ2v) is 7.94. The van der Waals surface area contributed by atoms with Gasteiger partial charge in [-0.15, -0.1) is 0 Å². The van der Waals surface area contributed by atoms with E-state index in [2.05, 4.69) is 5.32 Å². The number of para-hydroxylation sites is 1. The molecule has 29 heavy (non-hydrogen) atoms. The molecule has 2 unspecified atom stereocenters. The summed E-state index contributed by atoms with van der Waals surface area (Å²) in [6.07, 6.45) is 1.04. The third-order valence-electron chi connectivity index (χ3n) is 6.02. The number of likely N-dealkylation sites (tertiary alicyclic amines) is 1. The van der Waals surface area contributed by atoms with Gasteiger partial charge in [0.2, 0.25) is 0 Å². The number of nitrogens with zero attached hydrogens (tertiary/aromatic N) is 2. The molecule has 1 fully saturated rings. The molecule has 2 atom stereocenters. The molecule has 1 aromatic heterocycles. The molecule has 2 aliphatic heterocycles. The number of pyridine rings is 1. The smallest absolute Gasteiger partial charge is 0.321 e. The maximum atomic E-state index is 13.1. The molecule has 3 aromatic rings. The summed E-state index contributed by atoms with van der Waals surface area (Å²) in [5, 5.41) is 3.12. The van der Waals surface area contributed by atoms with Crippen molar-refractivity contribution in [3.8, 4) is 11.1 Å². The first-order valence-corrected chi connectivity index (χ1v) is 10.1. The standard InChI is InChI=1S/C24H23N3O2/c28-23-12-6-11-22-19-13-17(15-27(22)23)14-26(16-19)24(29)25-21-10-5-4-9-20(21)18-7-2-1-3-8-18/h1-12,17,19H,13-16H2,(H,25,29). The Hall–Kier alpha value is -3.34. The van der Waals surface area contributed by atoms with Crippen molar-refractivity contribution in [2.75, 3.05) is 18.4 Å². The van der Waals surface area contributed by atoms with Crippen LogP contribution in [0.15, 0.2) is 77.6 Å². The molecule has 5 rings (SSSR count). The number of anilines is 1. The van der Waals surface area contributed by atoms with Gasteiger partial charge in [0.05, 0.1) is 5.69 Å². The van der Waals surface area contributed by atoms with E-state index in [1.54, 1.807) is 6.07 Å². The van der Waals surface area contributed by atoms with Crippen LogP contribution in [0.5, 0.6) is 0 Å². The summed E-state index contributed by atoms with van der Waals surface area (Å²) >= 11 is 0. The Balaban J connectivity index is 1.38. The monoisotopic (exact) mass is 385 g/mol. The fraction of sp³-hybridized carbons (Fsp3) is 0.250. The molecule has 0 saturated carbocycles. The van der Waals surface area contributed by atoms with Crippen molar-refractivity contribution in [3.63, 3.8) is 0 Å². The van der Waals surface area contributed by atoms with Gasteiger partial charge in [-0.25, -0.2) is 4.79 Å². The predicted molar refractivity (Wildman–Crippen MR) is 114 cm³/mol. The van der Waals surface area contributed by atoms with Crippen molar-refractivity contribution in [1.82, 2.24) is 9.47 Å². The zero-order valence-electron chi connectivity index (χ0n) is 16.1. The predicted octanol–water partition coefficient (Wildman–Crippen LogP) is 4.17. The summed E-state index contributed by atoms with van der Waals surface area (Å²) in [7, 11) is 0. The van der Waals surface area contributed by atoms with Crippen molar-refractivity contribution in [1.29, 1.82) is 0 Å². The van der Waals surface area contributed by atoms with E-state index in [4.69, 9.17) is 0 Å². The number of piperidine rings is 1. The molecule has 0 spiro atoms. The first kappa shape index (κ1) is 17.7. The zero-order chi connectivity index (χ0) is 19.8. The van der Waals surface area contributed by atoms with Crippen molar-refractivity contribution < 1.29 is 4.79 Å². The van der Waals surface area contributed by atoms with E-state index in [1.165, 1.54) is 0 Å². The number of nitrogens with one attached hydrogen (secondary N) is 1. The van der Waals surface area contributed by atoms with Crippen LogP contribution in [-0.4, -0.2) is 28.6 Å². The number of benzene rings is 2. The molecule has 0 radical (unpaired) electrons. The third-order valence-corrected chi connectivity index (χ3v) is 6.02. The average Bonchev–Trinajstić information content (AvgIpc) is 2.75. The summed E-state index contributed by atoms with van der Waals surface area (Å²) in [4.78, 5) is 27.2. The van der Waals surface area contributed by atoms with Gasteiger partial charge in [-0.05, 0) is 30.0 Å². The van der Waals surface area contributed by atoms with Crippen LogP contribution in [0.25, 0.3) is 11.1 Å². The highest BCUT2D eigenvalue weighted by molar-refractivity contribution is 5.94. The van der Waals surface area contributed by atoms with Gasteiger partial charge in [0.25, 0.3) is 5.56 Å². The number of fused-ring (bicyclic) bond motifs is 4. The second-order valence-electron chi connectivity index (χ2n) is 7.94. The lowest BCUT2D eigenvalue weighted by Crippen LogP contribution is -2.50. The minimum Gasteiger partial charge on any atom is -0.324 e. The molecule has 3 heterocycles. The van der Waals surface area contributed by atoms with Crippen LogP contribution in [0.1, 0.15) is 18.0 Å². The minimum atomic E-state index is -0.0743. The Morgan fingerprint density at radius 3 is 2.52 bits per heavy atom. The quantitative estimate of drug-likeness (QED) is 0.720. The first-order chi connectivity index (χ1) is 14.2. The Kier molecular flexibility index (Phi) is 4.43. The fourth-order valence-corrected chi connectivity index (χ4v) is 4.72. The van der Waals surface area contributed by atoms with Crippen molar-refractivity contribution >= 4 is 11.7 Å². The summed E-state index contributed by atoms with van der Waals surface area (Å²) in [6.45, 7) is 2.01. The van der Waals surface area contributed by atoms with Crippen LogP contribution in [0.3, 0.4) is 0 Å². The number of aromatic nitrogens is 1. The number of amides is 2. The molecule has 2 amide bonds. The highest BCUT2D eigenvalue weighted by Gasteiger charge is 2.36. The molecule has 1 saturated heterocycles. The van der Waals surface area contributed by atoms with Crippen LogP contribution in [0, 0.1) is 5.92 Å². The molecule has 146 valence electrons. The topological polar surface area (TPSA) is 54.3 Å². The fourth-order valence-electron chi connectivity index (χ4n) is 4.72. The van der Waals surface area contributed by atoms with Gasteiger partial charge in [-0.3, -0.25) is 4.79 Å². The third kappa shape index (κ3) is 3.33. The summed E-state index contributed by atoms with van der Waals surface area (Å²) in [5.41, 5.74) is 4.02. The molecule has 2 aromatic carbocycles. The number of urea groups is 1. The van der Waals surface area contributed by atoms with E-state index in [0.29, 0.717) is 25.6 Å². The Morgan fingerprint density at radius 1 is 0.862 bits per heavy atom. The van der Waals surface area contributed by atoms with Crippen molar-refractivity contribution in [3.05, 3.63) is 88.8 Å². The lowest BCUT2D eigenvalue weighted by atomic mass is 9.83. The Bertz CT molecular complexity index is 1110. The molecule has 1 N–H and O–H groups in total. The normalized spacial score (nSPS) is 20.1. The van der Waals surface area contributed by atoms with Gasteiger partial charge in [0, 0.05) is 42.9 Å². The van der Waals surface area contributed by atoms with Gasteiger partial charge in [-0.2, -0.15) is 0 Å². The molecule has 5 nitrogen and oxygen atoms in total. The van der Waals surface area contributed by atoms with Crippen LogP contribution >= 0.6 is 0 Å². The number of hydrogen-bond donors (Lipinski definition) is 1. The summed E-state index contributed by atoms with van der Waals surface area (Å²) in [6, 6.07) is 23.4. The zero-order valence-corrected chi connectivity index (χ0v) is 16.1. The molecule has 2 aliphatic rings. The van der Waals surface area contributed by atoms with Gasteiger partial charge < -0.3 is 14.8 Å². The average molecular weight is 385 g/mol. The highest BCUT2D eigenvalue weighted by Crippen LogP contribution is 2.35. The van der Waals surface area contributed by atoms with Gasteiger partial charge in [0.15, 0.2) is 0 Å². The van der Waals surface area contributed by atoms with Crippen molar-refractivity contribution in [2.24, 2.45) is 5.92 Å². The number of rotatable bonds is 2. The summed E-state index contributed by atoms with van der Waals surface area (Å²) < 4.78 is 1.89. The van der Waals surface area contributed by atoms with Crippen LogP contribution in [0.4, 0.5) is 10.5 Å². The largest absolute Gasteiger partial charge is 0.324 e. The Labute approximate surface area is 169 Å². The van der Waals surface area contributed by atoms with E-state index < -0.39 is 0 Å². The maximum absolute atomic E-state index is 13.1. The Morgan fingerprint density at radius 2 is 1.66 bits per heavy atom. The van der Waals surface area contributed by atoms with E-state index in [-0.39, 0.29) is 17.5 Å². The molecule has 0 aliphatic carbocycles. The van der Waals surface area contributed by atoms with Gasteiger partial charge in [-0.1, -0.05) is 54.6 Å². The first-order valence-electron chi connectivity index (χ1n) is 10.1. The number of hydrogen-bond acceptors (Lipinski definition) is 2. The minimum absolute atomic E-state index is 0.0619. The van der Waals surface area contributed by atoms with Gasteiger partial charge >= 0.3 is 6.03 Å². The van der Waals surface area contributed by atoms with Crippen LogP contribution < -0.4 is 10.9 Å². The van der Waals surface area contributed by atoms with E-state index >= 15 is 0 Å². The summed E-state index contributed by atoms with van der Waals surface area (Å²) in [5.74, 6) is 0.531. The van der Waals surface area contributed by atoms with Crippen molar-refractivity contribution in [2.45, 2.75) is 18.9 Å². The number of carbonyl (C=O) groups excluding carboxylic acids is 1.